The number of benzene rings is 2. The third kappa shape index (κ3) is 3.48. The Balaban J connectivity index is 1.88. The maximum absolute atomic E-state index is 13.8. The second-order valence-corrected chi connectivity index (χ2v) is 5.09. The quantitative estimate of drug-likeness (QED) is 0.740. The van der Waals surface area contributed by atoms with Crippen LogP contribution in [-0.4, -0.2) is 16.5 Å². The zero-order chi connectivity index (χ0) is 16.9. The van der Waals surface area contributed by atoms with Gasteiger partial charge in [0.25, 0.3) is 0 Å². The van der Waals surface area contributed by atoms with Gasteiger partial charge in [-0.1, -0.05) is 18.2 Å². The first-order valence-corrected chi connectivity index (χ1v) is 7.54. The fourth-order valence-electron chi connectivity index (χ4n) is 2.38. The maximum Gasteiger partial charge on any atom is 0.149 e. The van der Waals surface area contributed by atoms with Gasteiger partial charge in [0.05, 0.1) is 5.69 Å². The van der Waals surface area contributed by atoms with E-state index in [0.717, 1.165) is 11.8 Å². The molecule has 0 radical (unpaired) electrons. The molecule has 122 valence electrons. The van der Waals surface area contributed by atoms with Gasteiger partial charge in [0.1, 0.15) is 29.6 Å². The van der Waals surface area contributed by atoms with Crippen LogP contribution in [0, 0.1) is 11.6 Å². The molecule has 0 atom stereocenters. The average molecular weight is 326 g/mol. The SMILES string of the molecule is CCN(c1ccccc1)c1cc(Nc2ccc(F)cc2F)ncn1. The summed E-state index contributed by atoms with van der Waals surface area (Å²) in [6.45, 7) is 2.73. The first-order valence-electron chi connectivity index (χ1n) is 7.54. The zero-order valence-electron chi connectivity index (χ0n) is 13.1. The lowest BCUT2D eigenvalue weighted by Crippen LogP contribution is -2.17. The van der Waals surface area contributed by atoms with Gasteiger partial charge in [0.15, 0.2) is 0 Å². The van der Waals surface area contributed by atoms with Crippen LogP contribution in [0.3, 0.4) is 0 Å². The molecule has 0 saturated carbocycles. The molecular weight excluding hydrogens is 310 g/mol. The molecule has 0 unspecified atom stereocenters. The van der Waals surface area contributed by atoms with Crippen LogP contribution in [-0.2, 0) is 0 Å². The van der Waals surface area contributed by atoms with Crippen LogP contribution in [0.5, 0.6) is 0 Å². The van der Waals surface area contributed by atoms with Crippen molar-refractivity contribution in [2.45, 2.75) is 6.92 Å². The van der Waals surface area contributed by atoms with Crippen molar-refractivity contribution in [2.24, 2.45) is 0 Å². The van der Waals surface area contributed by atoms with Crippen LogP contribution in [0.4, 0.5) is 31.8 Å². The minimum atomic E-state index is -0.675. The molecule has 1 N–H and O–H groups in total. The van der Waals surface area contributed by atoms with Crippen LogP contribution in [0.15, 0.2) is 60.9 Å². The smallest absolute Gasteiger partial charge is 0.149 e. The van der Waals surface area contributed by atoms with E-state index >= 15 is 0 Å². The fraction of sp³-hybridized carbons (Fsp3) is 0.111. The van der Waals surface area contributed by atoms with Crippen molar-refractivity contribution in [3.05, 3.63) is 72.6 Å². The highest BCUT2D eigenvalue weighted by molar-refractivity contribution is 5.65. The van der Waals surface area contributed by atoms with Crippen molar-refractivity contribution in [1.82, 2.24) is 9.97 Å². The first-order chi connectivity index (χ1) is 11.7. The lowest BCUT2D eigenvalue weighted by atomic mass is 10.2. The highest BCUT2D eigenvalue weighted by Crippen LogP contribution is 2.26. The molecule has 0 aliphatic rings. The molecule has 1 aromatic heterocycles. The number of para-hydroxylation sites is 1. The topological polar surface area (TPSA) is 41.0 Å². The third-order valence-electron chi connectivity index (χ3n) is 3.51. The number of nitrogens with zero attached hydrogens (tertiary/aromatic N) is 3. The van der Waals surface area contributed by atoms with Gasteiger partial charge < -0.3 is 10.2 Å². The highest BCUT2D eigenvalue weighted by Gasteiger charge is 2.11. The fourth-order valence-corrected chi connectivity index (χ4v) is 2.38. The Bertz CT molecular complexity index is 824. The molecule has 1 heterocycles. The highest BCUT2D eigenvalue weighted by atomic mass is 19.1. The average Bonchev–Trinajstić information content (AvgIpc) is 2.60. The van der Waals surface area contributed by atoms with Crippen LogP contribution in [0.25, 0.3) is 0 Å². The molecule has 0 amide bonds. The van der Waals surface area contributed by atoms with E-state index in [-0.39, 0.29) is 5.69 Å². The standard InChI is InChI=1S/C18H16F2N4/c1-2-24(14-6-4-3-5-7-14)18-11-17(21-12-22-18)23-16-9-8-13(19)10-15(16)20/h3-12H,2H2,1H3,(H,21,22,23). The normalized spacial score (nSPS) is 10.5. The number of aromatic nitrogens is 2. The number of hydrogen-bond acceptors (Lipinski definition) is 4. The van der Waals surface area contributed by atoms with Crippen molar-refractivity contribution in [3.8, 4) is 0 Å². The lowest BCUT2D eigenvalue weighted by Gasteiger charge is -2.22. The van der Waals surface area contributed by atoms with Crippen molar-refractivity contribution < 1.29 is 8.78 Å². The van der Waals surface area contributed by atoms with Crippen LogP contribution in [0.2, 0.25) is 0 Å². The summed E-state index contributed by atoms with van der Waals surface area (Å²) in [5.41, 5.74) is 1.15. The van der Waals surface area contributed by atoms with E-state index in [0.29, 0.717) is 18.2 Å². The lowest BCUT2D eigenvalue weighted by molar-refractivity contribution is 0.586. The molecule has 0 spiro atoms. The van der Waals surface area contributed by atoms with Gasteiger partial charge in [-0.2, -0.15) is 0 Å². The van der Waals surface area contributed by atoms with Crippen molar-refractivity contribution >= 4 is 23.0 Å². The van der Waals surface area contributed by atoms with Gasteiger partial charge in [-0.3, -0.25) is 0 Å². The summed E-state index contributed by atoms with van der Waals surface area (Å²) in [4.78, 5) is 10.4. The number of hydrogen-bond donors (Lipinski definition) is 1. The maximum atomic E-state index is 13.8. The van der Waals surface area contributed by atoms with E-state index in [1.807, 2.05) is 42.2 Å². The van der Waals surface area contributed by atoms with Gasteiger partial charge >= 0.3 is 0 Å². The Hall–Kier alpha value is -3.02. The molecule has 0 aliphatic carbocycles. The molecule has 3 rings (SSSR count). The van der Waals surface area contributed by atoms with E-state index in [9.17, 15) is 8.78 Å². The number of halogens is 2. The Morgan fingerprint density at radius 3 is 2.50 bits per heavy atom. The van der Waals surface area contributed by atoms with Crippen molar-refractivity contribution in [1.29, 1.82) is 0 Å². The molecule has 24 heavy (non-hydrogen) atoms. The Labute approximate surface area is 138 Å². The molecule has 6 heteroatoms. The zero-order valence-corrected chi connectivity index (χ0v) is 13.1. The summed E-state index contributed by atoms with van der Waals surface area (Å²) in [5.74, 6) is -0.183. The molecule has 4 nitrogen and oxygen atoms in total. The summed E-state index contributed by atoms with van der Waals surface area (Å²) in [7, 11) is 0. The molecule has 3 aromatic rings. The van der Waals surface area contributed by atoms with E-state index in [1.165, 1.54) is 18.5 Å². The first kappa shape index (κ1) is 15.9. The number of nitrogens with one attached hydrogen (secondary N) is 1. The second-order valence-electron chi connectivity index (χ2n) is 5.09. The molecule has 0 bridgehead atoms. The minimum Gasteiger partial charge on any atom is -0.338 e. The monoisotopic (exact) mass is 326 g/mol. The van der Waals surface area contributed by atoms with Gasteiger partial charge in [0.2, 0.25) is 0 Å². The van der Waals surface area contributed by atoms with Gasteiger partial charge in [0, 0.05) is 24.4 Å². The predicted octanol–water partition coefficient (Wildman–Crippen LogP) is 4.66. The number of anilines is 4. The van der Waals surface area contributed by atoms with Crippen molar-refractivity contribution in [2.75, 3.05) is 16.8 Å². The number of rotatable bonds is 5. The van der Waals surface area contributed by atoms with Crippen LogP contribution < -0.4 is 10.2 Å². The summed E-state index contributed by atoms with van der Waals surface area (Å²) < 4.78 is 26.8. The Morgan fingerprint density at radius 1 is 1.00 bits per heavy atom. The van der Waals surface area contributed by atoms with Crippen LogP contribution in [0.1, 0.15) is 6.92 Å². The largest absolute Gasteiger partial charge is 0.338 e. The van der Waals surface area contributed by atoms with Crippen molar-refractivity contribution in [3.63, 3.8) is 0 Å². The molecule has 0 saturated heterocycles. The van der Waals surface area contributed by atoms with E-state index in [1.54, 1.807) is 6.07 Å². The summed E-state index contributed by atoms with van der Waals surface area (Å²) >= 11 is 0. The molecular formula is C18H16F2N4. The molecule has 0 fully saturated rings. The minimum absolute atomic E-state index is 0.156. The van der Waals surface area contributed by atoms with E-state index < -0.39 is 11.6 Å². The Morgan fingerprint density at radius 2 is 1.79 bits per heavy atom. The van der Waals surface area contributed by atoms with Crippen LogP contribution >= 0.6 is 0 Å². The molecule has 0 aliphatic heterocycles. The third-order valence-corrected chi connectivity index (χ3v) is 3.51. The van der Waals surface area contributed by atoms with Gasteiger partial charge in [-0.25, -0.2) is 18.7 Å². The van der Waals surface area contributed by atoms with E-state index in [4.69, 9.17) is 0 Å². The molecule has 2 aromatic carbocycles. The predicted molar refractivity (Wildman–Crippen MR) is 90.8 cm³/mol. The van der Waals surface area contributed by atoms with Gasteiger partial charge in [-0.15, -0.1) is 0 Å². The van der Waals surface area contributed by atoms with E-state index in [2.05, 4.69) is 15.3 Å². The summed E-state index contributed by atoms with van der Waals surface area (Å²) in [6.07, 6.45) is 1.41. The Kier molecular flexibility index (Phi) is 4.65. The van der Waals surface area contributed by atoms with Gasteiger partial charge in [-0.05, 0) is 31.2 Å². The summed E-state index contributed by atoms with van der Waals surface area (Å²) in [5, 5.41) is 2.85. The summed E-state index contributed by atoms with van der Waals surface area (Å²) in [6, 6.07) is 14.9. The second kappa shape index (κ2) is 7.04.